The minimum absolute atomic E-state index is 0.0126. The lowest BCUT2D eigenvalue weighted by molar-refractivity contribution is -0.136. The number of anilines is 1. The zero-order valence-corrected chi connectivity index (χ0v) is 12.1. The summed E-state index contributed by atoms with van der Waals surface area (Å²) in [7, 11) is 0. The highest BCUT2D eigenvalue weighted by Crippen LogP contribution is 2.27. The molecule has 3 rings (SSSR count). The molecule has 0 atom stereocenters. The quantitative estimate of drug-likeness (QED) is 0.833. The standard InChI is InChI=1S/C13H15N5O2S/c19-12(20)7-9-3-4-10(18-13(21)14-15-16-18)8-11(9)17-5-1-2-6-17/h3-4,8H,1-2,5-7H2,(H,19,20)(H,14,16,21). The summed E-state index contributed by atoms with van der Waals surface area (Å²) in [5, 5.41) is 19.2. The molecule has 0 aliphatic carbocycles. The summed E-state index contributed by atoms with van der Waals surface area (Å²) in [6.45, 7) is 1.89. The molecule has 1 aromatic heterocycles. The van der Waals surface area contributed by atoms with E-state index in [0.29, 0.717) is 4.77 Å². The van der Waals surface area contributed by atoms with E-state index in [0.717, 1.165) is 42.9 Å². The maximum atomic E-state index is 11.0. The third-order valence-corrected chi connectivity index (χ3v) is 3.85. The number of aromatic nitrogens is 4. The largest absolute Gasteiger partial charge is 0.481 e. The van der Waals surface area contributed by atoms with Crippen LogP contribution >= 0.6 is 12.2 Å². The number of tetrazole rings is 1. The Morgan fingerprint density at radius 1 is 1.38 bits per heavy atom. The Bertz CT molecular complexity index is 717. The van der Waals surface area contributed by atoms with Crippen molar-refractivity contribution in [2.24, 2.45) is 0 Å². The zero-order valence-electron chi connectivity index (χ0n) is 11.3. The van der Waals surface area contributed by atoms with Gasteiger partial charge in [0, 0.05) is 18.8 Å². The van der Waals surface area contributed by atoms with E-state index in [4.69, 9.17) is 17.3 Å². The van der Waals surface area contributed by atoms with Gasteiger partial charge < -0.3 is 10.0 Å². The predicted octanol–water partition coefficient (Wildman–Crippen LogP) is 1.55. The molecule has 7 nitrogen and oxygen atoms in total. The van der Waals surface area contributed by atoms with Gasteiger partial charge in [-0.3, -0.25) is 4.79 Å². The van der Waals surface area contributed by atoms with Crippen molar-refractivity contribution in [2.75, 3.05) is 18.0 Å². The van der Waals surface area contributed by atoms with Crippen LogP contribution in [0, 0.1) is 4.77 Å². The summed E-state index contributed by atoms with van der Waals surface area (Å²) in [4.78, 5) is 13.3. The van der Waals surface area contributed by atoms with Crippen LogP contribution in [0.25, 0.3) is 5.69 Å². The van der Waals surface area contributed by atoms with Crippen LogP contribution in [0.15, 0.2) is 18.2 Å². The first-order chi connectivity index (χ1) is 10.1. The van der Waals surface area contributed by atoms with Crippen LogP contribution in [0.1, 0.15) is 18.4 Å². The van der Waals surface area contributed by atoms with E-state index in [2.05, 4.69) is 20.4 Å². The number of hydrogen-bond donors (Lipinski definition) is 2. The van der Waals surface area contributed by atoms with E-state index < -0.39 is 5.97 Å². The lowest BCUT2D eigenvalue weighted by atomic mass is 10.1. The van der Waals surface area contributed by atoms with Gasteiger partial charge in [0.15, 0.2) is 0 Å². The van der Waals surface area contributed by atoms with Gasteiger partial charge in [-0.25, -0.2) is 4.68 Å². The molecule has 1 saturated heterocycles. The van der Waals surface area contributed by atoms with E-state index in [1.54, 1.807) is 4.68 Å². The number of H-pyrrole nitrogens is 1. The van der Waals surface area contributed by atoms with Crippen LogP contribution in [0.4, 0.5) is 5.69 Å². The SMILES string of the molecule is O=C(O)Cc1ccc(-n2[nH]nnc2=S)cc1N1CCCC1. The molecule has 21 heavy (non-hydrogen) atoms. The summed E-state index contributed by atoms with van der Waals surface area (Å²) in [5.41, 5.74) is 2.57. The summed E-state index contributed by atoms with van der Waals surface area (Å²) < 4.78 is 1.94. The number of carboxylic acid groups (broad SMARTS) is 1. The number of benzene rings is 1. The van der Waals surface area contributed by atoms with Gasteiger partial charge in [0.2, 0.25) is 4.77 Å². The molecule has 8 heteroatoms. The maximum Gasteiger partial charge on any atom is 0.307 e. The first-order valence-corrected chi connectivity index (χ1v) is 7.16. The highest BCUT2D eigenvalue weighted by atomic mass is 32.1. The van der Waals surface area contributed by atoms with E-state index >= 15 is 0 Å². The van der Waals surface area contributed by atoms with Crippen molar-refractivity contribution < 1.29 is 9.90 Å². The van der Waals surface area contributed by atoms with Gasteiger partial charge in [-0.1, -0.05) is 16.4 Å². The molecule has 1 aliphatic heterocycles. The number of carboxylic acids is 1. The van der Waals surface area contributed by atoms with Crippen LogP contribution in [0.2, 0.25) is 0 Å². The Hall–Kier alpha value is -2.22. The molecule has 1 fully saturated rings. The third-order valence-electron chi connectivity index (χ3n) is 3.59. The fourth-order valence-electron chi connectivity index (χ4n) is 2.62. The molecular formula is C13H15N5O2S. The molecule has 2 heterocycles. The normalized spacial score (nSPS) is 14.6. The van der Waals surface area contributed by atoms with Crippen molar-refractivity contribution in [3.63, 3.8) is 0 Å². The minimum Gasteiger partial charge on any atom is -0.481 e. The molecule has 1 aromatic carbocycles. The Morgan fingerprint density at radius 3 is 2.76 bits per heavy atom. The smallest absolute Gasteiger partial charge is 0.307 e. The van der Waals surface area contributed by atoms with Crippen molar-refractivity contribution in [1.82, 2.24) is 20.2 Å². The number of aromatic amines is 1. The average molecular weight is 305 g/mol. The van der Waals surface area contributed by atoms with Crippen LogP contribution in [-0.2, 0) is 11.2 Å². The van der Waals surface area contributed by atoms with Crippen molar-refractivity contribution in [1.29, 1.82) is 0 Å². The fraction of sp³-hybridized carbons (Fsp3) is 0.385. The van der Waals surface area contributed by atoms with Crippen LogP contribution in [-0.4, -0.2) is 44.4 Å². The highest BCUT2D eigenvalue weighted by molar-refractivity contribution is 7.71. The Kier molecular flexibility index (Phi) is 3.70. The van der Waals surface area contributed by atoms with Crippen molar-refractivity contribution in [2.45, 2.75) is 19.3 Å². The second-order valence-electron chi connectivity index (χ2n) is 5.00. The summed E-state index contributed by atoms with van der Waals surface area (Å²) in [5.74, 6) is -0.831. The molecule has 0 spiro atoms. The summed E-state index contributed by atoms with van der Waals surface area (Å²) in [6.07, 6.45) is 2.27. The second kappa shape index (κ2) is 5.65. The number of rotatable bonds is 4. The predicted molar refractivity (Wildman–Crippen MR) is 79.3 cm³/mol. The van der Waals surface area contributed by atoms with E-state index in [-0.39, 0.29) is 6.42 Å². The lowest BCUT2D eigenvalue weighted by Gasteiger charge is -2.21. The summed E-state index contributed by atoms with van der Waals surface area (Å²) in [6, 6.07) is 5.60. The molecule has 0 amide bonds. The van der Waals surface area contributed by atoms with Crippen LogP contribution in [0.5, 0.6) is 0 Å². The Balaban J connectivity index is 2.05. The minimum atomic E-state index is -0.831. The van der Waals surface area contributed by atoms with Crippen molar-refractivity contribution in [3.05, 3.63) is 28.5 Å². The fourth-order valence-corrected chi connectivity index (χ4v) is 2.81. The van der Waals surface area contributed by atoms with Gasteiger partial charge in [0.1, 0.15) is 0 Å². The molecule has 110 valence electrons. The van der Waals surface area contributed by atoms with Gasteiger partial charge in [0.25, 0.3) is 0 Å². The molecule has 2 aromatic rings. The van der Waals surface area contributed by atoms with Crippen LogP contribution < -0.4 is 4.90 Å². The van der Waals surface area contributed by atoms with Gasteiger partial charge >= 0.3 is 5.97 Å². The molecule has 1 aliphatic rings. The van der Waals surface area contributed by atoms with Gasteiger partial charge in [-0.15, -0.1) is 0 Å². The molecule has 0 radical (unpaired) electrons. The number of carbonyl (C=O) groups is 1. The van der Waals surface area contributed by atoms with E-state index in [1.165, 1.54) is 0 Å². The van der Waals surface area contributed by atoms with Crippen LogP contribution in [0.3, 0.4) is 0 Å². The zero-order chi connectivity index (χ0) is 14.8. The number of nitrogens with zero attached hydrogens (tertiary/aromatic N) is 4. The molecule has 0 bridgehead atoms. The van der Waals surface area contributed by atoms with Crippen molar-refractivity contribution >= 4 is 23.9 Å². The lowest BCUT2D eigenvalue weighted by Crippen LogP contribution is -2.20. The van der Waals surface area contributed by atoms with Gasteiger partial charge in [-0.2, -0.15) is 5.21 Å². The third kappa shape index (κ3) is 2.80. The first kappa shape index (κ1) is 13.7. The number of nitrogens with one attached hydrogen (secondary N) is 1. The Morgan fingerprint density at radius 2 is 2.14 bits per heavy atom. The van der Waals surface area contributed by atoms with E-state index in [1.807, 2.05) is 18.2 Å². The molecular weight excluding hydrogens is 290 g/mol. The molecule has 0 unspecified atom stereocenters. The van der Waals surface area contributed by atoms with Gasteiger partial charge in [0.05, 0.1) is 12.1 Å². The van der Waals surface area contributed by atoms with Crippen molar-refractivity contribution in [3.8, 4) is 5.69 Å². The summed E-state index contributed by atoms with van der Waals surface area (Å²) >= 11 is 5.10. The number of hydrogen-bond acceptors (Lipinski definition) is 5. The Labute approximate surface area is 126 Å². The van der Waals surface area contributed by atoms with E-state index in [9.17, 15) is 4.79 Å². The molecule has 0 saturated carbocycles. The van der Waals surface area contributed by atoms with Gasteiger partial charge in [-0.05, 0) is 42.8 Å². The average Bonchev–Trinajstić information content (AvgIpc) is 3.10. The monoisotopic (exact) mass is 305 g/mol. The topological polar surface area (TPSA) is 87.0 Å². The molecule has 2 N–H and O–H groups in total. The maximum absolute atomic E-state index is 11.0. The first-order valence-electron chi connectivity index (χ1n) is 6.75. The second-order valence-corrected chi connectivity index (χ2v) is 5.36. The number of aliphatic carboxylic acids is 1. The highest BCUT2D eigenvalue weighted by Gasteiger charge is 2.18.